The minimum atomic E-state index is -0.299. The van der Waals surface area contributed by atoms with Crippen molar-refractivity contribution in [1.82, 2.24) is 9.97 Å². The number of anilines is 3. The number of aromatic nitrogens is 2. The van der Waals surface area contributed by atoms with E-state index in [9.17, 15) is 4.79 Å². The van der Waals surface area contributed by atoms with E-state index in [1.807, 2.05) is 13.0 Å². The van der Waals surface area contributed by atoms with Crippen LogP contribution in [0.15, 0.2) is 54.9 Å². The number of hydrogen-bond donors (Lipinski definition) is 2. The first-order valence-corrected chi connectivity index (χ1v) is 8.98. The third-order valence-corrected chi connectivity index (χ3v) is 3.98. The molecule has 3 rings (SSSR count). The summed E-state index contributed by atoms with van der Waals surface area (Å²) in [6, 6.07) is 12.5. The first-order valence-electron chi connectivity index (χ1n) is 8.98. The highest BCUT2D eigenvalue weighted by Gasteiger charge is 2.09. The number of methoxy groups -OCH3 is 2. The van der Waals surface area contributed by atoms with Gasteiger partial charge in [-0.15, -0.1) is 0 Å². The standard InChI is InChI=1S/C21H22N4O4/c1-4-29-17-8-5-15(6-9-17)24-20(26)14-12-22-21(23-13-14)25-16-7-10-18(27-2)19(11-16)28-3/h5-13H,4H2,1-3H3,(H,24,26)(H,22,23,25). The highest BCUT2D eigenvalue weighted by Crippen LogP contribution is 2.30. The average Bonchev–Trinajstić information content (AvgIpc) is 2.75. The summed E-state index contributed by atoms with van der Waals surface area (Å²) in [5.74, 6) is 2.02. The summed E-state index contributed by atoms with van der Waals surface area (Å²) in [7, 11) is 3.14. The Bertz CT molecular complexity index is 959. The van der Waals surface area contributed by atoms with E-state index in [0.29, 0.717) is 35.3 Å². The summed E-state index contributed by atoms with van der Waals surface area (Å²) in [6.07, 6.45) is 2.92. The first-order chi connectivity index (χ1) is 14.1. The summed E-state index contributed by atoms with van der Waals surface area (Å²) in [6.45, 7) is 2.51. The maximum Gasteiger partial charge on any atom is 0.258 e. The molecule has 0 saturated carbocycles. The van der Waals surface area contributed by atoms with Crippen molar-refractivity contribution in [2.24, 2.45) is 0 Å². The van der Waals surface area contributed by atoms with Crippen molar-refractivity contribution < 1.29 is 19.0 Å². The first kappa shape index (κ1) is 19.9. The fourth-order valence-corrected chi connectivity index (χ4v) is 2.56. The van der Waals surface area contributed by atoms with Gasteiger partial charge in [0.1, 0.15) is 5.75 Å². The van der Waals surface area contributed by atoms with E-state index in [1.165, 1.54) is 12.4 Å². The van der Waals surface area contributed by atoms with Crippen molar-refractivity contribution in [3.8, 4) is 17.2 Å². The molecule has 0 bridgehead atoms. The fourth-order valence-electron chi connectivity index (χ4n) is 2.56. The number of ether oxygens (including phenoxy) is 3. The van der Waals surface area contributed by atoms with Gasteiger partial charge in [0.2, 0.25) is 5.95 Å². The monoisotopic (exact) mass is 394 g/mol. The van der Waals surface area contributed by atoms with Gasteiger partial charge in [-0.05, 0) is 43.3 Å². The maximum atomic E-state index is 12.4. The lowest BCUT2D eigenvalue weighted by Gasteiger charge is -2.10. The number of amides is 1. The minimum absolute atomic E-state index is 0.299. The van der Waals surface area contributed by atoms with E-state index < -0.39 is 0 Å². The summed E-state index contributed by atoms with van der Waals surface area (Å²) < 4.78 is 15.9. The van der Waals surface area contributed by atoms with Gasteiger partial charge in [-0.2, -0.15) is 0 Å². The van der Waals surface area contributed by atoms with Gasteiger partial charge < -0.3 is 24.8 Å². The molecule has 1 amide bonds. The van der Waals surface area contributed by atoms with E-state index >= 15 is 0 Å². The van der Waals surface area contributed by atoms with Gasteiger partial charge in [0, 0.05) is 29.8 Å². The molecule has 29 heavy (non-hydrogen) atoms. The molecule has 0 spiro atoms. The van der Waals surface area contributed by atoms with Crippen LogP contribution < -0.4 is 24.8 Å². The van der Waals surface area contributed by atoms with Gasteiger partial charge in [-0.25, -0.2) is 9.97 Å². The smallest absolute Gasteiger partial charge is 0.258 e. The molecule has 3 aromatic rings. The summed E-state index contributed by atoms with van der Waals surface area (Å²) in [5.41, 5.74) is 1.73. The van der Waals surface area contributed by atoms with Crippen LogP contribution >= 0.6 is 0 Å². The van der Waals surface area contributed by atoms with Crippen LogP contribution in [-0.4, -0.2) is 36.7 Å². The van der Waals surface area contributed by atoms with Gasteiger partial charge in [0.05, 0.1) is 26.4 Å². The molecule has 0 aliphatic heterocycles. The zero-order valence-corrected chi connectivity index (χ0v) is 16.4. The van der Waals surface area contributed by atoms with Crippen molar-refractivity contribution in [2.45, 2.75) is 6.92 Å². The predicted octanol–water partition coefficient (Wildman–Crippen LogP) is 3.89. The molecule has 0 fully saturated rings. The lowest BCUT2D eigenvalue weighted by Crippen LogP contribution is -2.13. The molecule has 0 saturated heterocycles. The van der Waals surface area contributed by atoms with E-state index in [4.69, 9.17) is 14.2 Å². The molecule has 2 N–H and O–H groups in total. The molecule has 1 aromatic heterocycles. The molecule has 0 radical (unpaired) electrons. The second-order valence-corrected chi connectivity index (χ2v) is 5.90. The second kappa shape index (κ2) is 9.41. The van der Waals surface area contributed by atoms with Crippen LogP contribution in [0.25, 0.3) is 0 Å². The van der Waals surface area contributed by atoms with Crippen LogP contribution in [0.5, 0.6) is 17.2 Å². The Morgan fingerprint density at radius 2 is 1.59 bits per heavy atom. The van der Waals surface area contributed by atoms with Crippen molar-refractivity contribution in [2.75, 3.05) is 31.5 Å². The zero-order chi connectivity index (χ0) is 20.6. The number of rotatable bonds is 8. The number of carbonyl (C=O) groups excluding carboxylic acids is 1. The molecular weight excluding hydrogens is 372 g/mol. The van der Waals surface area contributed by atoms with Gasteiger partial charge in [0.15, 0.2) is 11.5 Å². The third-order valence-electron chi connectivity index (χ3n) is 3.98. The number of hydrogen-bond acceptors (Lipinski definition) is 7. The lowest BCUT2D eigenvalue weighted by molar-refractivity contribution is 0.102. The van der Waals surface area contributed by atoms with Crippen LogP contribution in [0, 0.1) is 0 Å². The highest BCUT2D eigenvalue weighted by atomic mass is 16.5. The van der Waals surface area contributed by atoms with E-state index in [0.717, 1.165) is 11.4 Å². The van der Waals surface area contributed by atoms with Gasteiger partial charge in [0.25, 0.3) is 5.91 Å². The van der Waals surface area contributed by atoms with Gasteiger partial charge in [-0.1, -0.05) is 0 Å². The fraction of sp³-hybridized carbons (Fsp3) is 0.190. The normalized spacial score (nSPS) is 10.2. The minimum Gasteiger partial charge on any atom is -0.494 e. The second-order valence-electron chi connectivity index (χ2n) is 5.90. The van der Waals surface area contributed by atoms with Crippen LogP contribution in [0.2, 0.25) is 0 Å². The van der Waals surface area contributed by atoms with E-state index in [1.54, 1.807) is 50.6 Å². The van der Waals surface area contributed by atoms with E-state index in [-0.39, 0.29) is 5.91 Å². The SMILES string of the molecule is CCOc1ccc(NC(=O)c2cnc(Nc3ccc(OC)c(OC)c3)nc2)cc1. The van der Waals surface area contributed by atoms with Gasteiger partial charge >= 0.3 is 0 Å². The molecule has 0 aliphatic rings. The summed E-state index contributed by atoms with van der Waals surface area (Å²) in [5, 5.41) is 5.86. The molecular formula is C21H22N4O4. The van der Waals surface area contributed by atoms with Crippen molar-refractivity contribution in [1.29, 1.82) is 0 Å². The van der Waals surface area contributed by atoms with Crippen molar-refractivity contribution >= 4 is 23.2 Å². The Morgan fingerprint density at radius 3 is 2.21 bits per heavy atom. The van der Waals surface area contributed by atoms with Gasteiger partial charge in [-0.3, -0.25) is 4.79 Å². The third kappa shape index (κ3) is 5.13. The molecule has 0 atom stereocenters. The molecule has 1 heterocycles. The van der Waals surface area contributed by atoms with Crippen molar-refractivity contribution in [3.63, 3.8) is 0 Å². The quantitative estimate of drug-likeness (QED) is 0.598. The Kier molecular flexibility index (Phi) is 6.47. The molecule has 0 aliphatic carbocycles. The molecule has 8 heteroatoms. The van der Waals surface area contributed by atoms with Crippen LogP contribution in [-0.2, 0) is 0 Å². The lowest BCUT2D eigenvalue weighted by atomic mass is 10.2. The Labute approximate surface area is 168 Å². The van der Waals surface area contributed by atoms with Crippen LogP contribution in [0.4, 0.5) is 17.3 Å². The summed E-state index contributed by atoms with van der Waals surface area (Å²) in [4.78, 5) is 20.8. The highest BCUT2D eigenvalue weighted by molar-refractivity contribution is 6.03. The van der Waals surface area contributed by atoms with E-state index in [2.05, 4.69) is 20.6 Å². The molecule has 150 valence electrons. The zero-order valence-electron chi connectivity index (χ0n) is 16.4. The largest absolute Gasteiger partial charge is 0.494 e. The number of nitrogens with one attached hydrogen (secondary N) is 2. The number of carbonyl (C=O) groups is 1. The molecule has 8 nitrogen and oxygen atoms in total. The Morgan fingerprint density at radius 1 is 0.931 bits per heavy atom. The summed E-state index contributed by atoms with van der Waals surface area (Å²) >= 11 is 0. The topological polar surface area (TPSA) is 94.6 Å². The average molecular weight is 394 g/mol. The number of nitrogens with zero attached hydrogens (tertiary/aromatic N) is 2. The van der Waals surface area contributed by atoms with Crippen LogP contribution in [0.3, 0.4) is 0 Å². The Hall–Kier alpha value is -3.81. The Balaban J connectivity index is 1.64. The van der Waals surface area contributed by atoms with Crippen LogP contribution in [0.1, 0.15) is 17.3 Å². The number of benzene rings is 2. The maximum absolute atomic E-state index is 12.4. The molecule has 0 unspecified atom stereocenters. The predicted molar refractivity (Wildman–Crippen MR) is 110 cm³/mol. The molecule has 2 aromatic carbocycles. The van der Waals surface area contributed by atoms with Crippen molar-refractivity contribution in [3.05, 3.63) is 60.4 Å².